The SMILES string of the molecule is CCCC(=O)Nc1cccc(CN=C(NCC)N2CCS(=O)(=O)C(C)(C)C2)c1. The van der Waals surface area contributed by atoms with E-state index in [1.165, 1.54) is 0 Å². The van der Waals surface area contributed by atoms with E-state index in [0.717, 1.165) is 17.7 Å². The van der Waals surface area contributed by atoms with E-state index >= 15 is 0 Å². The molecule has 2 rings (SSSR count). The van der Waals surface area contributed by atoms with Crippen LogP contribution < -0.4 is 10.6 Å². The summed E-state index contributed by atoms with van der Waals surface area (Å²) in [6, 6.07) is 7.65. The van der Waals surface area contributed by atoms with Crippen molar-refractivity contribution in [3.05, 3.63) is 29.8 Å². The molecule has 0 atom stereocenters. The first-order valence-corrected chi connectivity index (χ1v) is 11.5. The molecule has 0 saturated carbocycles. The quantitative estimate of drug-likeness (QED) is 0.557. The molecule has 0 spiro atoms. The molecule has 1 aromatic rings. The van der Waals surface area contributed by atoms with E-state index in [2.05, 4.69) is 10.6 Å². The molecule has 0 aliphatic carbocycles. The Hall–Kier alpha value is -2.09. The maximum atomic E-state index is 12.3. The van der Waals surface area contributed by atoms with Crippen molar-refractivity contribution < 1.29 is 13.2 Å². The Morgan fingerprint density at radius 1 is 1.29 bits per heavy atom. The number of amides is 1. The van der Waals surface area contributed by atoms with Gasteiger partial charge in [-0.3, -0.25) is 4.79 Å². The minimum absolute atomic E-state index is 0.00764. The van der Waals surface area contributed by atoms with Crippen LogP contribution in [0.25, 0.3) is 0 Å². The second-order valence-electron chi connectivity index (χ2n) is 7.67. The number of nitrogens with zero attached hydrogens (tertiary/aromatic N) is 2. The van der Waals surface area contributed by atoms with Gasteiger partial charge in [-0.1, -0.05) is 19.1 Å². The van der Waals surface area contributed by atoms with Crippen molar-refractivity contribution in [3.63, 3.8) is 0 Å². The normalized spacial score (nSPS) is 18.6. The lowest BCUT2D eigenvalue weighted by atomic mass is 10.2. The first-order chi connectivity index (χ1) is 13.2. The highest BCUT2D eigenvalue weighted by Gasteiger charge is 2.40. The molecule has 1 heterocycles. The molecule has 1 fully saturated rings. The minimum atomic E-state index is -3.10. The predicted octanol–water partition coefficient (Wildman–Crippen LogP) is 2.40. The Morgan fingerprint density at radius 3 is 2.68 bits per heavy atom. The van der Waals surface area contributed by atoms with Gasteiger partial charge in [-0.05, 0) is 44.9 Å². The zero-order valence-corrected chi connectivity index (χ0v) is 18.1. The van der Waals surface area contributed by atoms with E-state index in [4.69, 9.17) is 4.99 Å². The van der Waals surface area contributed by atoms with E-state index in [1.54, 1.807) is 13.8 Å². The molecule has 2 N–H and O–H groups in total. The number of benzene rings is 1. The van der Waals surface area contributed by atoms with Gasteiger partial charge in [0.25, 0.3) is 0 Å². The lowest BCUT2D eigenvalue weighted by molar-refractivity contribution is -0.116. The third-order valence-corrected chi connectivity index (χ3v) is 7.31. The smallest absolute Gasteiger partial charge is 0.224 e. The largest absolute Gasteiger partial charge is 0.357 e. The third kappa shape index (κ3) is 5.70. The lowest BCUT2D eigenvalue weighted by Crippen LogP contribution is -2.57. The summed E-state index contributed by atoms with van der Waals surface area (Å²) in [5.41, 5.74) is 1.75. The zero-order valence-electron chi connectivity index (χ0n) is 17.3. The number of nitrogens with one attached hydrogen (secondary N) is 2. The topological polar surface area (TPSA) is 90.9 Å². The molecule has 1 saturated heterocycles. The highest BCUT2D eigenvalue weighted by Crippen LogP contribution is 2.24. The summed E-state index contributed by atoms with van der Waals surface area (Å²) in [4.78, 5) is 18.5. The number of sulfone groups is 1. The van der Waals surface area contributed by atoms with Crippen LogP contribution in [0.3, 0.4) is 0 Å². The van der Waals surface area contributed by atoms with E-state index < -0.39 is 14.6 Å². The van der Waals surface area contributed by atoms with Gasteiger partial charge in [0.2, 0.25) is 5.91 Å². The van der Waals surface area contributed by atoms with Gasteiger partial charge in [-0.2, -0.15) is 0 Å². The summed E-state index contributed by atoms with van der Waals surface area (Å²) in [6.45, 7) is 9.49. The van der Waals surface area contributed by atoms with E-state index in [0.29, 0.717) is 38.6 Å². The van der Waals surface area contributed by atoms with Crippen LogP contribution in [-0.4, -0.2) is 55.3 Å². The Bertz CT molecular complexity index is 818. The predicted molar refractivity (Wildman–Crippen MR) is 114 cm³/mol. The van der Waals surface area contributed by atoms with Crippen molar-refractivity contribution in [1.29, 1.82) is 0 Å². The number of guanidine groups is 1. The Kier molecular flexibility index (Phi) is 7.46. The van der Waals surface area contributed by atoms with Crippen molar-refractivity contribution in [2.75, 3.05) is 30.7 Å². The molecule has 8 heteroatoms. The lowest BCUT2D eigenvalue weighted by Gasteiger charge is -2.39. The van der Waals surface area contributed by atoms with Crippen LogP contribution in [0.15, 0.2) is 29.3 Å². The standard InChI is InChI=1S/C20H32N4O3S/c1-5-8-18(25)23-17-10-7-9-16(13-17)14-22-19(21-6-2)24-11-12-28(26,27)20(3,4)15-24/h7,9-10,13H,5-6,8,11-12,14-15H2,1-4H3,(H,21,22)(H,23,25). The third-order valence-electron chi connectivity index (χ3n) is 4.78. The molecule has 0 unspecified atom stereocenters. The Labute approximate surface area is 168 Å². The Morgan fingerprint density at radius 2 is 2.04 bits per heavy atom. The summed E-state index contributed by atoms with van der Waals surface area (Å²) < 4.78 is 23.7. The van der Waals surface area contributed by atoms with Crippen molar-refractivity contribution in [1.82, 2.24) is 10.2 Å². The van der Waals surface area contributed by atoms with Gasteiger partial charge in [-0.25, -0.2) is 13.4 Å². The summed E-state index contributed by atoms with van der Waals surface area (Å²) in [6.07, 6.45) is 1.31. The van der Waals surface area contributed by atoms with Gasteiger partial charge in [-0.15, -0.1) is 0 Å². The van der Waals surface area contributed by atoms with Crippen molar-refractivity contribution in [2.24, 2.45) is 4.99 Å². The number of carbonyl (C=O) groups is 1. The fourth-order valence-corrected chi connectivity index (χ4v) is 4.48. The molecular formula is C20H32N4O3S. The van der Waals surface area contributed by atoms with Crippen LogP contribution in [0.5, 0.6) is 0 Å². The van der Waals surface area contributed by atoms with Gasteiger partial charge in [0.1, 0.15) is 0 Å². The molecule has 0 radical (unpaired) electrons. The van der Waals surface area contributed by atoms with Gasteiger partial charge in [0.15, 0.2) is 15.8 Å². The summed E-state index contributed by atoms with van der Waals surface area (Å²) in [7, 11) is -3.10. The molecule has 28 heavy (non-hydrogen) atoms. The monoisotopic (exact) mass is 408 g/mol. The van der Waals surface area contributed by atoms with Crippen molar-refractivity contribution in [3.8, 4) is 0 Å². The molecule has 0 aromatic heterocycles. The fraction of sp³-hybridized carbons (Fsp3) is 0.600. The van der Waals surface area contributed by atoms with Crippen molar-refractivity contribution in [2.45, 2.75) is 51.8 Å². The maximum absolute atomic E-state index is 12.3. The number of hydrogen-bond acceptors (Lipinski definition) is 4. The number of rotatable bonds is 6. The van der Waals surface area contributed by atoms with Gasteiger partial charge >= 0.3 is 0 Å². The number of hydrogen-bond donors (Lipinski definition) is 2. The number of anilines is 1. The average molecular weight is 409 g/mol. The van der Waals surface area contributed by atoms with Gasteiger partial charge < -0.3 is 15.5 Å². The van der Waals surface area contributed by atoms with Crippen LogP contribution in [0.2, 0.25) is 0 Å². The van der Waals surface area contributed by atoms with Crippen LogP contribution >= 0.6 is 0 Å². The number of aliphatic imine (C=N–C) groups is 1. The maximum Gasteiger partial charge on any atom is 0.224 e. The van der Waals surface area contributed by atoms with Crippen LogP contribution in [0, 0.1) is 0 Å². The molecule has 156 valence electrons. The summed E-state index contributed by atoms with van der Waals surface area (Å²) in [5.74, 6) is 0.850. The van der Waals surface area contributed by atoms with Gasteiger partial charge in [0.05, 0.1) is 17.0 Å². The molecule has 1 aliphatic heterocycles. The summed E-state index contributed by atoms with van der Waals surface area (Å²) >= 11 is 0. The average Bonchev–Trinajstić information content (AvgIpc) is 2.61. The molecular weight excluding hydrogens is 376 g/mol. The molecule has 7 nitrogen and oxygen atoms in total. The molecule has 0 bridgehead atoms. The number of carbonyl (C=O) groups excluding carboxylic acids is 1. The van der Waals surface area contributed by atoms with E-state index in [1.807, 2.05) is 43.0 Å². The fourth-order valence-electron chi connectivity index (χ4n) is 3.11. The Balaban J connectivity index is 2.12. The van der Waals surface area contributed by atoms with Gasteiger partial charge in [0, 0.05) is 31.7 Å². The van der Waals surface area contributed by atoms with Crippen LogP contribution in [-0.2, 0) is 21.2 Å². The molecule has 1 aromatic carbocycles. The minimum Gasteiger partial charge on any atom is -0.357 e. The summed E-state index contributed by atoms with van der Waals surface area (Å²) in [5, 5.41) is 6.16. The second kappa shape index (κ2) is 9.41. The van der Waals surface area contributed by atoms with E-state index in [-0.39, 0.29) is 11.7 Å². The highest BCUT2D eigenvalue weighted by atomic mass is 32.2. The van der Waals surface area contributed by atoms with E-state index in [9.17, 15) is 13.2 Å². The highest BCUT2D eigenvalue weighted by molar-refractivity contribution is 7.92. The first kappa shape index (κ1) is 22.2. The zero-order chi connectivity index (χ0) is 20.8. The molecule has 1 aliphatic rings. The van der Waals surface area contributed by atoms with Crippen LogP contribution in [0.1, 0.15) is 46.1 Å². The first-order valence-electron chi connectivity index (χ1n) is 9.83. The van der Waals surface area contributed by atoms with Crippen LogP contribution in [0.4, 0.5) is 5.69 Å². The second-order valence-corrected chi connectivity index (χ2v) is 10.4. The molecule has 1 amide bonds. The van der Waals surface area contributed by atoms with Crippen molar-refractivity contribution >= 4 is 27.4 Å².